The molecule has 0 aliphatic heterocycles. The van der Waals surface area contributed by atoms with E-state index < -0.39 is 6.10 Å². The largest absolute Gasteiger partial charge is 0.486 e. The lowest BCUT2D eigenvalue weighted by atomic mass is 10.1. The van der Waals surface area contributed by atoms with Crippen LogP contribution in [0, 0.1) is 0 Å². The second-order valence-electron chi connectivity index (χ2n) is 3.95. The molecule has 0 radical (unpaired) electrons. The summed E-state index contributed by atoms with van der Waals surface area (Å²) in [4.78, 5) is 8.15. The second kappa shape index (κ2) is 6.12. The first kappa shape index (κ1) is 12.5. The summed E-state index contributed by atoms with van der Waals surface area (Å²) in [6, 6.07) is 9.20. The Hall–Kier alpha value is -1.94. The van der Waals surface area contributed by atoms with Crippen molar-refractivity contribution in [3.63, 3.8) is 0 Å². The molecule has 2 aromatic rings. The standard InChI is InChI=1S/C14H16N2O2/c1-2-13(17)11-4-6-12(7-5-11)18-10-14-15-8-3-9-16-14/h3-9,13,17H,2,10H2,1H3. The van der Waals surface area contributed by atoms with E-state index in [0.29, 0.717) is 18.9 Å². The van der Waals surface area contributed by atoms with E-state index in [1.807, 2.05) is 31.2 Å². The van der Waals surface area contributed by atoms with Crippen LogP contribution in [-0.4, -0.2) is 15.1 Å². The number of aliphatic hydroxyl groups excluding tert-OH is 1. The minimum Gasteiger partial charge on any atom is -0.486 e. The van der Waals surface area contributed by atoms with Crippen molar-refractivity contribution in [1.82, 2.24) is 9.97 Å². The first-order chi connectivity index (χ1) is 8.79. The molecule has 1 aromatic carbocycles. The van der Waals surface area contributed by atoms with Gasteiger partial charge in [0, 0.05) is 12.4 Å². The van der Waals surface area contributed by atoms with Crippen LogP contribution in [0.5, 0.6) is 5.75 Å². The summed E-state index contributed by atoms with van der Waals surface area (Å²) in [5.74, 6) is 1.39. The van der Waals surface area contributed by atoms with Crippen LogP contribution in [-0.2, 0) is 6.61 Å². The van der Waals surface area contributed by atoms with Crippen molar-refractivity contribution in [3.8, 4) is 5.75 Å². The fourth-order valence-electron chi connectivity index (χ4n) is 1.57. The molecule has 1 N–H and O–H groups in total. The Morgan fingerprint density at radius 2 is 1.83 bits per heavy atom. The highest BCUT2D eigenvalue weighted by molar-refractivity contribution is 5.28. The summed E-state index contributed by atoms with van der Waals surface area (Å²) < 4.78 is 5.55. The van der Waals surface area contributed by atoms with Crippen molar-refractivity contribution < 1.29 is 9.84 Å². The Balaban J connectivity index is 1.94. The quantitative estimate of drug-likeness (QED) is 0.878. The van der Waals surface area contributed by atoms with Crippen molar-refractivity contribution in [3.05, 3.63) is 54.1 Å². The third-order valence-electron chi connectivity index (χ3n) is 2.64. The first-order valence-corrected chi connectivity index (χ1v) is 5.96. The summed E-state index contributed by atoms with van der Waals surface area (Å²) in [7, 11) is 0. The van der Waals surface area contributed by atoms with Crippen molar-refractivity contribution in [2.45, 2.75) is 26.1 Å². The summed E-state index contributed by atoms with van der Waals surface area (Å²) in [6.45, 7) is 2.29. The lowest BCUT2D eigenvalue weighted by Crippen LogP contribution is -2.01. The van der Waals surface area contributed by atoms with Gasteiger partial charge in [0.05, 0.1) is 6.10 Å². The molecular weight excluding hydrogens is 228 g/mol. The average Bonchev–Trinajstić information content (AvgIpc) is 2.46. The van der Waals surface area contributed by atoms with Gasteiger partial charge in [0.2, 0.25) is 0 Å². The third-order valence-corrected chi connectivity index (χ3v) is 2.64. The molecule has 0 saturated heterocycles. The van der Waals surface area contributed by atoms with E-state index in [2.05, 4.69) is 9.97 Å². The zero-order chi connectivity index (χ0) is 12.8. The number of hydrogen-bond acceptors (Lipinski definition) is 4. The molecule has 1 atom stereocenters. The van der Waals surface area contributed by atoms with Gasteiger partial charge >= 0.3 is 0 Å². The molecule has 2 rings (SSSR count). The highest BCUT2D eigenvalue weighted by atomic mass is 16.5. The fraction of sp³-hybridized carbons (Fsp3) is 0.286. The van der Waals surface area contributed by atoms with E-state index in [-0.39, 0.29) is 0 Å². The number of hydrogen-bond donors (Lipinski definition) is 1. The fourth-order valence-corrected chi connectivity index (χ4v) is 1.57. The van der Waals surface area contributed by atoms with Gasteiger partial charge in [0.1, 0.15) is 12.4 Å². The number of benzene rings is 1. The SMILES string of the molecule is CCC(O)c1ccc(OCc2ncccn2)cc1. The van der Waals surface area contributed by atoms with Gasteiger partial charge in [-0.3, -0.25) is 0 Å². The van der Waals surface area contributed by atoms with Crippen molar-refractivity contribution in [2.24, 2.45) is 0 Å². The molecule has 1 unspecified atom stereocenters. The minimum atomic E-state index is -0.406. The van der Waals surface area contributed by atoms with E-state index in [9.17, 15) is 5.11 Å². The van der Waals surface area contributed by atoms with Gasteiger partial charge in [0.25, 0.3) is 0 Å². The molecule has 1 heterocycles. The maximum Gasteiger partial charge on any atom is 0.166 e. The topological polar surface area (TPSA) is 55.2 Å². The zero-order valence-corrected chi connectivity index (χ0v) is 10.3. The minimum absolute atomic E-state index is 0.344. The van der Waals surface area contributed by atoms with Crippen LogP contribution in [0.2, 0.25) is 0 Å². The summed E-state index contributed by atoms with van der Waals surface area (Å²) >= 11 is 0. The molecule has 4 nitrogen and oxygen atoms in total. The summed E-state index contributed by atoms with van der Waals surface area (Å²) in [5.41, 5.74) is 0.904. The van der Waals surface area contributed by atoms with Gasteiger partial charge in [-0.05, 0) is 30.2 Å². The van der Waals surface area contributed by atoms with Crippen LogP contribution in [0.3, 0.4) is 0 Å². The van der Waals surface area contributed by atoms with Crippen LogP contribution in [0.4, 0.5) is 0 Å². The number of aromatic nitrogens is 2. The lowest BCUT2D eigenvalue weighted by Gasteiger charge is -2.09. The maximum atomic E-state index is 9.67. The Kier molecular flexibility index (Phi) is 4.25. The molecule has 0 fully saturated rings. The molecule has 0 aliphatic rings. The van der Waals surface area contributed by atoms with Gasteiger partial charge in [-0.25, -0.2) is 9.97 Å². The average molecular weight is 244 g/mol. The van der Waals surface area contributed by atoms with E-state index in [1.54, 1.807) is 18.5 Å². The van der Waals surface area contributed by atoms with Crippen LogP contribution in [0.1, 0.15) is 30.8 Å². The molecule has 0 saturated carbocycles. The van der Waals surface area contributed by atoms with E-state index in [0.717, 1.165) is 11.3 Å². The monoisotopic (exact) mass is 244 g/mol. The van der Waals surface area contributed by atoms with E-state index in [4.69, 9.17) is 4.74 Å². The number of nitrogens with zero attached hydrogens (tertiary/aromatic N) is 2. The van der Waals surface area contributed by atoms with Gasteiger partial charge in [-0.1, -0.05) is 19.1 Å². The summed E-state index contributed by atoms with van der Waals surface area (Å²) in [6.07, 6.45) is 3.67. The Bertz CT molecular complexity index is 471. The number of rotatable bonds is 5. The van der Waals surface area contributed by atoms with Crippen molar-refractivity contribution in [2.75, 3.05) is 0 Å². The zero-order valence-electron chi connectivity index (χ0n) is 10.3. The van der Waals surface area contributed by atoms with Crippen molar-refractivity contribution in [1.29, 1.82) is 0 Å². The van der Waals surface area contributed by atoms with Crippen LogP contribution in [0.25, 0.3) is 0 Å². The number of aliphatic hydroxyl groups is 1. The second-order valence-corrected chi connectivity index (χ2v) is 3.95. The molecule has 0 amide bonds. The van der Waals surface area contributed by atoms with Gasteiger partial charge in [-0.2, -0.15) is 0 Å². The molecule has 18 heavy (non-hydrogen) atoms. The summed E-state index contributed by atoms with van der Waals surface area (Å²) in [5, 5.41) is 9.67. The van der Waals surface area contributed by atoms with Crippen LogP contribution >= 0.6 is 0 Å². The molecular formula is C14H16N2O2. The third kappa shape index (κ3) is 3.28. The number of ether oxygens (including phenoxy) is 1. The molecule has 1 aromatic heterocycles. The Morgan fingerprint density at radius 1 is 1.17 bits per heavy atom. The molecule has 0 spiro atoms. The predicted octanol–water partition coefficient (Wildman–Crippen LogP) is 2.50. The van der Waals surface area contributed by atoms with Gasteiger partial charge in [0.15, 0.2) is 5.82 Å². The highest BCUT2D eigenvalue weighted by Gasteiger charge is 2.04. The Morgan fingerprint density at radius 3 is 2.44 bits per heavy atom. The van der Waals surface area contributed by atoms with Gasteiger partial charge < -0.3 is 9.84 Å². The maximum absolute atomic E-state index is 9.67. The van der Waals surface area contributed by atoms with Crippen LogP contribution in [0.15, 0.2) is 42.7 Å². The van der Waals surface area contributed by atoms with Gasteiger partial charge in [-0.15, -0.1) is 0 Å². The van der Waals surface area contributed by atoms with E-state index >= 15 is 0 Å². The van der Waals surface area contributed by atoms with Crippen LogP contribution < -0.4 is 4.74 Å². The predicted molar refractivity (Wildman–Crippen MR) is 68.1 cm³/mol. The lowest BCUT2D eigenvalue weighted by molar-refractivity contribution is 0.173. The molecule has 4 heteroatoms. The Labute approximate surface area is 106 Å². The molecule has 94 valence electrons. The smallest absolute Gasteiger partial charge is 0.166 e. The normalized spacial score (nSPS) is 12.1. The molecule has 0 bridgehead atoms. The van der Waals surface area contributed by atoms with Crippen molar-refractivity contribution >= 4 is 0 Å². The first-order valence-electron chi connectivity index (χ1n) is 5.96. The highest BCUT2D eigenvalue weighted by Crippen LogP contribution is 2.20. The molecule has 0 aliphatic carbocycles. The van der Waals surface area contributed by atoms with E-state index in [1.165, 1.54) is 0 Å².